The van der Waals surface area contributed by atoms with Gasteiger partial charge in [0.05, 0.1) is 0 Å². The standard InChI is InChI=1S/2C17H20.C15H24.C14H16.3C13H20.C12H18.C10H14.C2H6/c1-17(2,3)13-14-8-7-11-16(12-14)15-9-5-4-6-10-15;1-17(2,3)13-14-9-11-16(12-10-14)15-7-5-4-6-8-15;1-14(2,3)11-12-7-9-13(10-8-12)15(4,5)6;1-14(2,3)13-9-8-11-6-4-5-7-12(11)10-13;2*1-10-6-7-12(8-11(10)2)9-13(3,4)5;1-10-6-7-11(2)12(8-10)9-13(3,4)5;1-10-5-7-11(8-6-10)9-12(2,3)4;1-10(2,3)9-7-5-4-6-8-9;1-2/h2*4-12H,13H2,1-3H3;7-10H,11H2,1-6H3;4-10H,1-3H3;3*6-8H,9H2,1-5H3;5-8H,9H2,1-4H3;4-8H,1-3H3;1-2H3. The van der Waals surface area contributed by atoms with Crippen LogP contribution in [-0.4, -0.2) is 0 Å². The molecule has 0 radical (unpaired) electrons. The summed E-state index contributed by atoms with van der Waals surface area (Å²) in [5.41, 5.74) is 32.7. The van der Waals surface area contributed by atoms with Crippen molar-refractivity contribution in [2.24, 2.45) is 37.9 Å². The van der Waals surface area contributed by atoms with Gasteiger partial charge >= 0.3 is 0 Å². The van der Waals surface area contributed by atoms with Gasteiger partial charge in [-0.1, -0.05) is 518 Å². The molecular formula is C126H178. The summed E-state index contributed by atoms with van der Waals surface area (Å²) in [5.74, 6) is 0. The summed E-state index contributed by atoms with van der Waals surface area (Å²) in [6.07, 6.45) is 8.04. The predicted molar refractivity (Wildman–Crippen MR) is 569 cm³/mol. The lowest BCUT2D eigenvalue weighted by molar-refractivity contribution is 0.410. The fraction of sp³-hybridized carbons (Fsp3) is 0.444. The highest BCUT2D eigenvalue weighted by molar-refractivity contribution is 5.83. The topological polar surface area (TPSA) is 0 Å². The van der Waals surface area contributed by atoms with E-state index in [1.54, 1.807) is 0 Å². The minimum Gasteiger partial charge on any atom is -0.0683 e. The van der Waals surface area contributed by atoms with Crippen molar-refractivity contribution in [1.29, 1.82) is 0 Å². The molecule has 0 saturated carbocycles. The molecule has 0 bridgehead atoms. The second kappa shape index (κ2) is 50.6. The fourth-order valence-corrected chi connectivity index (χ4v) is 14.4. The molecule has 12 aromatic carbocycles. The van der Waals surface area contributed by atoms with Crippen LogP contribution in [0, 0.1) is 86.4 Å². The summed E-state index contributed by atoms with van der Waals surface area (Å²) >= 11 is 0. The maximum Gasteiger partial charge on any atom is -0.0132 e. The average Bonchev–Trinajstić information content (AvgIpc) is 0.815. The van der Waals surface area contributed by atoms with Crippen LogP contribution in [0.3, 0.4) is 0 Å². The first kappa shape index (κ1) is 111. The van der Waals surface area contributed by atoms with Crippen LogP contribution in [0.2, 0.25) is 0 Å². The summed E-state index contributed by atoms with van der Waals surface area (Å²) < 4.78 is 0. The lowest BCUT2D eigenvalue weighted by Gasteiger charge is -2.21. The van der Waals surface area contributed by atoms with E-state index in [1.165, 1.54) is 134 Å². The zero-order valence-electron chi connectivity index (χ0n) is 87.6. The van der Waals surface area contributed by atoms with E-state index in [2.05, 4.69) is 541 Å². The zero-order valence-corrected chi connectivity index (χ0v) is 87.6. The molecule has 0 aliphatic heterocycles. The van der Waals surface area contributed by atoms with Crippen LogP contribution in [0.15, 0.2) is 285 Å². The Morgan fingerprint density at radius 1 is 0.167 bits per heavy atom. The van der Waals surface area contributed by atoms with Gasteiger partial charge in [-0.05, 0) is 264 Å². The summed E-state index contributed by atoms with van der Waals surface area (Å²) in [5, 5.41) is 2.65. The molecule has 0 fully saturated rings. The SMILES string of the molecule is CC.CC(C)(C)Cc1ccc(-c2ccccc2)cc1.CC(C)(C)Cc1ccc(C(C)(C)C)cc1.CC(C)(C)Cc1cccc(-c2ccccc2)c1.CC(C)(C)c1ccc2ccccc2c1.CC(C)(C)c1ccccc1.Cc1ccc(C)c(CC(C)(C)C)c1.Cc1ccc(CC(C)(C)C)cc1.Cc1ccc(CC(C)(C)C)cc1C.Cc1ccc(CC(C)(C)C)cc1C. The molecule has 126 heavy (non-hydrogen) atoms. The van der Waals surface area contributed by atoms with Crippen molar-refractivity contribution in [1.82, 2.24) is 0 Å². The smallest absolute Gasteiger partial charge is 0.0132 e. The van der Waals surface area contributed by atoms with Crippen molar-refractivity contribution in [3.63, 3.8) is 0 Å². The number of fused-ring (bicyclic) bond motifs is 1. The number of rotatable bonds is 9. The molecule has 0 unspecified atom stereocenters. The van der Waals surface area contributed by atoms with Gasteiger partial charge in [-0.2, -0.15) is 0 Å². The first-order valence-electron chi connectivity index (χ1n) is 47.2. The van der Waals surface area contributed by atoms with Gasteiger partial charge in [0.15, 0.2) is 0 Å². The highest BCUT2D eigenvalue weighted by atomic mass is 14.3. The quantitative estimate of drug-likeness (QED) is 0.135. The van der Waals surface area contributed by atoms with E-state index in [0.29, 0.717) is 43.3 Å². The van der Waals surface area contributed by atoms with Crippen LogP contribution < -0.4 is 0 Å². The largest absolute Gasteiger partial charge is 0.0683 e. The van der Waals surface area contributed by atoms with Crippen LogP contribution in [0.1, 0.15) is 316 Å². The highest BCUT2D eigenvalue weighted by Crippen LogP contribution is 2.33. The fourth-order valence-electron chi connectivity index (χ4n) is 14.4. The Morgan fingerprint density at radius 3 is 0.810 bits per heavy atom. The van der Waals surface area contributed by atoms with Gasteiger partial charge in [-0.3, -0.25) is 0 Å². The summed E-state index contributed by atoms with van der Waals surface area (Å²) in [6, 6.07) is 103. The molecular weight excluding hydrogens is 1510 g/mol. The Labute approximate surface area is 776 Å². The predicted octanol–water partition coefficient (Wildman–Crippen LogP) is 37.9. The van der Waals surface area contributed by atoms with Gasteiger partial charge in [0.1, 0.15) is 0 Å². The Morgan fingerprint density at radius 2 is 0.444 bits per heavy atom. The van der Waals surface area contributed by atoms with Gasteiger partial charge in [0, 0.05) is 0 Å². The molecule has 0 aliphatic rings. The molecule has 0 saturated heterocycles. The molecule has 0 spiro atoms. The van der Waals surface area contributed by atoms with Gasteiger partial charge in [-0.25, -0.2) is 0 Å². The summed E-state index contributed by atoms with van der Waals surface area (Å²) in [7, 11) is 0. The van der Waals surface area contributed by atoms with Crippen molar-refractivity contribution in [2.75, 3.05) is 0 Å². The van der Waals surface area contributed by atoms with Crippen LogP contribution in [0.25, 0.3) is 33.0 Å². The lowest BCUT2D eigenvalue weighted by Crippen LogP contribution is -2.12. The molecule has 0 N–H and O–H groups in total. The van der Waals surface area contributed by atoms with Crippen molar-refractivity contribution in [2.45, 2.75) is 331 Å². The molecule has 682 valence electrons. The Bertz CT molecular complexity index is 4940. The summed E-state index contributed by atoms with van der Waals surface area (Å²) in [6.45, 7) is 87.2. The zero-order chi connectivity index (χ0) is 95.5. The minimum absolute atomic E-state index is 0.240. The van der Waals surface area contributed by atoms with Crippen LogP contribution in [-0.2, 0) is 61.2 Å². The second-order valence-corrected chi connectivity index (χ2v) is 46.9. The molecule has 0 aromatic heterocycles. The molecule has 0 aliphatic carbocycles. The molecule has 12 aromatic rings. The Hall–Kier alpha value is -9.10. The Balaban J connectivity index is 0.000000366. The Kier molecular flexibility index (Phi) is 44.6. The van der Waals surface area contributed by atoms with Crippen LogP contribution >= 0.6 is 0 Å². The lowest BCUT2D eigenvalue weighted by atomic mass is 9.84. The third-order valence-corrected chi connectivity index (χ3v) is 21.1. The maximum absolute atomic E-state index is 2.31. The van der Waals surface area contributed by atoms with Crippen LogP contribution in [0.5, 0.6) is 0 Å². The molecule has 0 heteroatoms. The van der Waals surface area contributed by atoms with Crippen molar-refractivity contribution in [3.8, 4) is 22.3 Å². The van der Waals surface area contributed by atoms with Crippen molar-refractivity contribution >= 4 is 10.8 Å². The molecule has 0 atom stereocenters. The number of hydrogen-bond donors (Lipinski definition) is 0. The van der Waals surface area contributed by atoms with Gasteiger partial charge in [0.25, 0.3) is 0 Å². The number of hydrogen-bond acceptors (Lipinski definition) is 0. The van der Waals surface area contributed by atoms with E-state index >= 15 is 0 Å². The maximum atomic E-state index is 2.31. The van der Waals surface area contributed by atoms with E-state index in [-0.39, 0.29) is 10.8 Å². The third kappa shape index (κ3) is 48.7. The minimum atomic E-state index is 0.240. The normalized spacial score (nSPS) is 11.7. The van der Waals surface area contributed by atoms with Gasteiger partial charge < -0.3 is 0 Å². The van der Waals surface area contributed by atoms with Crippen molar-refractivity contribution < 1.29 is 0 Å². The van der Waals surface area contributed by atoms with Crippen molar-refractivity contribution in [3.05, 3.63) is 380 Å². The van der Waals surface area contributed by atoms with E-state index in [1.807, 2.05) is 13.8 Å². The highest BCUT2D eigenvalue weighted by Gasteiger charge is 2.20. The molecule has 0 heterocycles. The number of aryl methyl sites for hydroxylation is 7. The van der Waals surface area contributed by atoms with E-state index < -0.39 is 0 Å². The first-order valence-corrected chi connectivity index (χ1v) is 47.2. The monoisotopic (exact) mass is 1690 g/mol. The average molecular weight is 1690 g/mol. The second-order valence-electron chi connectivity index (χ2n) is 46.9. The van der Waals surface area contributed by atoms with Gasteiger partial charge in [0.2, 0.25) is 0 Å². The van der Waals surface area contributed by atoms with E-state index in [4.69, 9.17) is 0 Å². The van der Waals surface area contributed by atoms with E-state index in [0.717, 1.165) is 38.5 Å². The van der Waals surface area contributed by atoms with E-state index in [9.17, 15) is 0 Å². The molecule has 0 amide bonds. The molecule has 12 rings (SSSR count). The first-order chi connectivity index (χ1) is 58.1. The molecule has 0 nitrogen and oxygen atoms in total. The third-order valence-electron chi connectivity index (χ3n) is 21.1. The summed E-state index contributed by atoms with van der Waals surface area (Å²) in [4.78, 5) is 0. The van der Waals surface area contributed by atoms with Gasteiger partial charge in [-0.15, -0.1) is 0 Å². The van der Waals surface area contributed by atoms with Crippen LogP contribution in [0.4, 0.5) is 0 Å². The number of benzene rings is 12.